The van der Waals surface area contributed by atoms with E-state index in [9.17, 15) is 5.11 Å². The Morgan fingerprint density at radius 2 is 1.80 bits per heavy atom. The average Bonchev–Trinajstić information content (AvgIpc) is 2.40. The predicted octanol–water partition coefficient (Wildman–Crippen LogP) is 3.71. The van der Waals surface area contributed by atoms with Crippen LogP contribution in [0.1, 0.15) is 52.0 Å². The lowest BCUT2D eigenvalue weighted by Gasteiger charge is -2.28. The average molecular weight is 277 g/mol. The zero-order valence-corrected chi connectivity index (χ0v) is 13.1. The molecular formula is C17H27NO2. The lowest BCUT2D eigenvalue weighted by molar-refractivity contribution is 0.126. The van der Waals surface area contributed by atoms with E-state index in [0.29, 0.717) is 6.04 Å². The van der Waals surface area contributed by atoms with E-state index in [0.717, 1.165) is 37.1 Å². The van der Waals surface area contributed by atoms with E-state index in [2.05, 4.69) is 38.2 Å². The first-order chi connectivity index (χ1) is 9.40. The molecule has 0 unspecified atom stereocenters. The minimum atomic E-state index is -0.115. The molecular weight excluding hydrogens is 250 g/mol. The van der Waals surface area contributed by atoms with Crippen molar-refractivity contribution < 1.29 is 9.84 Å². The maximum atomic E-state index is 9.59. The van der Waals surface area contributed by atoms with Gasteiger partial charge in [-0.3, -0.25) is 0 Å². The Balaban J connectivity index is 2.16. The number of rotatable bonds is 3. The highest BCUT2D eigenvalue weighted by Gasteiger charge is 2.21. The fourth-order valence-corrected chi connectivity index (χ4v) is 2.73. The highest BCUT2D eigenvalue weighted by molar-refractivity contribution is 5.59. The van der Waals surface area contributed by atoms with Gasteiger partial charge in [-0.15, -0.1) is 0 Å². The van der Waals surface area contributed by atoms with Crippen molar-refractivity contribution in [1.29, 1.82) is 0 Å². The molecule has 112 valence electrons. The van der Waals surface area contributed by atoms with Crippen LogP contribution >= 0.6 is 0 Å². The molecule has 1 fully saturated rings. The van der Waals surface area contributed by atoms with Crippen molar-refractivity contribution in [2.45, 2.75) is 64.0 Å². The van der Waals surface area contributed by atoms with Crippen LogP contribution in [0, 0.1) is 0 Å². The molecule has 0 radical (unpaired) electrons. The molecule has 0 aromatic heterocycles. The standard InChI is InChI=1S/C17H27NO2/c1-17(2,3)12-5-10-16(20-4)15(11-12)18-13-6-8-14(19)9-7-13/h5,10-11,13-14,18-19H,6-9H2,1-4H3. The van der Waals surface area contributed by atoms with Gasteiger partial charge in [0.25, 0.3) is 0 Å². The smallest absolute Gasteiger partial charge is 0.141 e. The van der Waals surface area contributed by atoms with Gasteiger partial charge < -0.3 is 15.2 Å². The molecule has 20 heavy (non-hydrogen) atoms. The maximum absolute atomic E-state index is 9.59. The van der Waals surface area contributed by atoms with Gasteiger partial charge in [-0.05, 0) is 48.8 Å². The summed E-state index contributed by atoms with van der Waals surface area (Å²) in [5, 5.41) is 13.2. The van der Waals surface area contributed by atoms with Gasteiger partial charge in [0, 0.05) is 6.04 Å². The largest absolute Gasteiger partial charge is 0.495 e. The summed E-state index contributed by atoms with van der Waals surface area (Å²) in [6.07, 6.45) is 3.70. The Kier molecular flexibility index (Phi) is 4.59. The van der Waals surface area contributed by atoms with E-state index in [-0.39, 0.29) is 11.5 Å². The quantitative estimate of drug-likeness (QED) is 0.885. The fourth-order valence-electron chi connectivity index (χ4n) is 2.73. The zero-order valence-electron chi connectivity index (χ0n) is 13.1. The van der Waals surface area contributed by atoms with Gasteiger partial charge in [0.2, 0.25) is 0 Å². The number of aliphatic hydroxyl groups is 1. The minimum Gasteiger partial charge on any atom is -0.495 e. The molecule has 0 atom stereocenters. The van der Waals surface area contributed by atoms with E-state index < -0.39 is 0 Å². The Morgan fingerprint density at radius 1 is 1.15 bits per heavy atom. The highest BCUT2D eigenvalue weighted by atomic mass is 16.5. The SMILES string of the molecule is COc1ccc(C(C)(C)C)cc1NC1CCC(O)CC1. The molecule has 0 amide bonds. The normalized spacial score (nSPS) is 23.4. The Bertz CT molecular complexity index is 443. The minimum absolute atomic E-state index is 0.115. The van der Waals surface area contributed by atoms with Gasteiger partial charge in [-0.1, -0.05) is 26.8 Å². The monoisotopic (exact) mass is 277 g/mol. The Hall–Kier alpha value is -1.22. The van der Waals surface area contributed by atoms with Crippen molar-refractivity contribution in [3.63, 3.8) is 0 Å². The van der Waals surface area contributed by atoms with Crippen LogP contribution in [0.4, 0.5) is 5.69 Å². The number of anilines is 1. The topological polar surface area (TPSA) is 41.5 Å². The van der Waals surface area contributed by atoms with Crippen molar-refractivity contribution in [3.05, 3.63) is 23.8 Å². The third-order valence-corrected chi connectivity index (χ3v) is 4.12. The molecule has 3 heteroatoms. The maximum Gasteiger partial charge on any atom is 0.141 e. The van der Waals surface area contributed by atoms with Gasteiger partial charge in [-0.25, -0.2) is 0 Å². The molecule has 1 aromatic rings. The summed E-state index contributed by atoms with van der Waals surface area (Å²) in [6, 6.07) is 6.81. The number of aliphatic hydroxyl groups excluding tert-OH is 1. The Labute approximate surface area is 122 Å². The second kappa shape index (κ2) is 6.04. The molecule has 0 aliphatic heterocycles. The van der Waals surface area contributed by atoms with Gasteiger partial charge in [0.1, 0.15) is 5.75 Å². The molecule has 0 bridgehead atoms. The molecule has 0 saturated heterocycles. The second-order valence-corrected chi connectivity index (χ2v) is 6.81. The van der Waals surface area contributed by atoms with Crippen molar-refractivity contribution in [1.82, 2.24) is 0 Å². The highest BCUT2D eigenvalue weighted by Crippen LogP contribution is 2.33. The van der Waals surface area contributed by atoms with Crippen LogP contribution in [-0.4, -0.2) is 24.4 Å². The lowest BCUT2D eigenvalue weighted by Crippen LogP contribution is -2.28. The molecule has 0 spiro atoms. The van der Waals surface area contributed by atoms with Crippen molar-refractivity contribution in [3.8, 4) is 5.75 Å². The van der Waals surface area contributed by atoms with E-state index in [1.54, 1.807) is 7.11 Å². The molecule has 0 heterocycles. The van der Waals surface area contributed by atoms with E-state index in [4.69, 9.17) is 4.74 Å². The first-order valence-corrected chi connectivity index (χ1v) is 7.53. The molecule has 1 saturated carbocycles. The molecule has 1 aliphatic carbocycles. The summed E-state index contributed by atoms with van der Waals surface area (Å²) < 4.78 is 5.46. The second-order valence-electron chi connectivity index (χ2n) is 6.81. The first kappa shape index (κ1) is 15.2. The van der Waals surface area contributed by atoms with Crippen molar-refractivity contribution >= 4 is 5.69 Å². The van der Waals surface area contributed by atoms with Gasteiger partial charge in [0.05, 0.1) is 18.9 Å². The van der Waals surface area contributed by atoms with Crippen molar-refractivity contribution in [2.75, 3.05) is 12.4 Å². The van der Waals surface area contributed by atoms with Gasteiger partial charge >= 0.3 is 0 Å². The predicted molar refractivity (Wildman–Crippen MR) is 83.6 cm³/mol. The summed E-state index contributed by atoms with van der Waals surface area (Å²) in [7, 11) is 1.71. The number of nitrogens with one attached hydrogen (secondary N) is 1. The molecule has 2 N–H and O–H groups in total. The number of methoxy groups -OCH3 is 1. The van der Waals surface area contributed by atoms with Crippen molar-refractivity contribution in [2.24, 2.45) is 0 Å². The molecule has 1 aromatic carbocycles. The third kappa shape index (κ3) is 3.66. The summed E-state index contributed by atoms with van der Waals surface area (Å²) in [5.74, 6) is 0.893. The molecule has 3 nitrogen and oxygen atoms in total. The lowest BCUT2D eigenvalue weighted by atomic mass is 9.86. The van der Waals surface area contributed by atoms with Crippen LogP contribution in [0.3, 0.4) is 0 Å². The van der Waals surface area contributed by atoms with Crippen LogP contribution in [0.5, 0.6) is 5.75 Å². The van der Waals surface area contributed by atoms with E-state index in [1.165, 1.54) is 5.56 Å². The Morgan fingerprint density at radius 3 is 2.35 bits per heavy atom. The molecule has 1 aliphatic rings. The number of hydrogen-bond acceptors (Lipinski definition) is 3. The molecule has 2 rings (SSSR count). The van der Waals surface area contributed by atoms with Gasteiger partial charge in [-0.2, -0.15) is 0 Å². The summed E-state index contributed by atoms with van der Waals surface area (Å²) in [4.78, 5) is 0. The van der Waals surface area contributed by atoms with Crippen LogP contribution in [0.15, 0.2) is 18.2 Å². The first-order valence-electron chi connectivity index (χ1n) is 7.53. The van der Waals surface area contributed by atoms with Crippen LogP contribution in [0.2, 0.25) is 0 Å². The van der Waals surface area contributed by atoms with Crippen LogP contribution in [-0.2, 0) is 5.41 Å². The summed E-state index contributed by atoms with van der Waals surface area (Å²) in [5.41, 5.74) is 2.50. The van der Waals surface area contributed by atoms with Crippen LogP contribution < -0.4 is 10.1 Å². The number of ether oxygens (including phenoxy) is 1. The third-order valence-electron chi connectivity index (χ3n) is 4.12. The van der Waals surface area contributed by atoms with Crippen LogP contribution in [0.25, 0.3) is 0 Å². The summed E-state index contributed by atoms with van der Waals surface area (Å²) >= 11 is 0. The summed E-state index contributed by atoms with van der Waals surface area (Å²) in [6.45, 7) is 6.65. The number of benzene rings is 1. The van der Waals surface area contributed by atoms with Gasteiger partial charge in [0.15, 0.2) is 0 Å². The van der Waals surface area contributed by atoms with E-state index in [1.807, 2.05) is 6.07 Å². The fraction of sp³-hybridized carbons (Fsp3) is 0.647. The zero-order chi connectivity index (χ0) is 14.8. The van der Waals surface area contributed by atoms with E-state index >= 15 is 0 Å². The number of hydrogen-bond donors (Lipinski definition) is 2.